The summed E-state index contributed by atoms with van der Waals surface area (Å²) >= 11 is 0. The molecule has 0 saturated heterocycles. The molecule has 0 spiro atoms. The molecule has 7 heteroatoms. The largest absolute Gasteiger partial charge is 0.493 e. The summed E-state index contributed by atoms with van der Waals surface area (Å²) in [7, 11) is 1.52. The molecule has 1 N–H and O–H groups in total. The van der Waals surface area contributed by atoms with Crippen LogP contribution in [-0.2, 0) is 11.2 Å². The molecule has 2 rings (SSSR count). The highest BCUT2D eigenvalue weighted by Crippen LogP contribution is 2.28. The van der Waals surface area contributed by atoms with Gasteiger partial charge in [0.15, 0.2) is 18.1 Å². The number of carbonyl (C=O) groups excluding carboxylic acids is 1. The molecule has 136 valence electrons. The first-order chi connectivity index (χ1) is 12.4. The van der Waals surface area contributed by atoms with Crippen LogP contribution in [0.25, 0.3) is 0 Å². The molecule has 0 heterocycles. The van der Waals surface area contributed by atoms with Crippen molar-refractivity contribution < 1.29 is 19.2 Å². The molecule has 0 aliphatic rings. The van der Waals surface area contributed by atoms with Crippen LogP contribution in [0.5, 0.6) is 11.5 Å². The number of amides is 1. The first-order valence-corrected chi connectivity index (χ1v) is 7.90. The summed E-state index contributed by atoms with van der Waals surface area (Å²) in [6.07, 6.45) is 2.48. The quantitative estimate of drug-likeness (QED) is 0.443. The van der Waals surface area contributed by atoms with E-state index in [2.05, 4.69) is 11.9 Å². The van der Waals surface area contributed by atoms with E-state index in [0.29, 0.717) is 23.6 Å². The fourth-order valence-corrected chi connectivity index (χ4v) is 2.31. The van der Waals surface area contributed by atoms with Crippen molar-refractivity contribution >= 4 is 17.3 Å². The minimum absolute atomic E-state index is 0.0914. The van der Waals surface area contributed by atoms with Crippen molar-refractivity contribution in [2.45, 2.75) is 13.3 Å². The Balaban J connectivity index is 2.04. The Hall–Kier alpha value is -3.35. The third-order valence-corrected chi connectivity index (χ3v) is 3.67. The highest BCUT2D eigenvalue weighted by Gasteiger charge is 2.13. The molecule has 0 aliphatic carbocycles. The van der Waals surface area contributed by atoms with Crippen LogP contribution in [0.15, 0.2) is 49.1 Å². The molecule has 0 bridgehead atoms. The van der Waals surface area contributed by atoms with Gasteiger partial charge in [0.1, 0.15) is 0 Å². The van der Waals surface area contributed by atoms with Gasteiger partial charge in [-0.15, -0.1) is 6.58 Å². The van der Waals surface area contributed by atoms with Gasteiger partial charge in [-0.3, -0.25) is 14.9 Å². The first kappa shape index (κ1) is 19.0. The van der Waals surface area contributed by atoms with Crippen molar-refractivity contribution in [2.24, 2.45) is 0 Å². The minimum Gasteiger partial charge on any atom is -0.493 e. The second-order valence-corrected chi connectivity index (χ2v) is 5.57. The van der Waals surface area contributed by atoms with Crippen LogP contribution in [-0.4, -0.2) is 24.5 Å². The van der Waals surface area contributed by atoms with E-state index in [9.17, 15) is 14.9 Å². The lowest BCUT2D eigenvalue weighted by Gasteiger charge is -2.12. The number of aryl methyl sites for hydroxylation is 1. The molecular weight excluding hydrogens is 336 g/mol. The number of ether oxygens (including phenoxy) is 2. The Morgan fingerprint density at radius 1 is 1.27 bits per heavy atom. The summed E-state index contributed by atoms with van der Waals surface area (Å²) in [5, 5.41) is 13.5. The maximum atomic E-state index is 12.1. The van der Waals surface area contributed by atoms with E-state index >= 15 is 0 Å². The summed E-state index contributed by atoms with van der Waals surface area (Å²) in [5.74, 6) is 0.528. The minimum atomic E-state index is -0.513. The standard InChI is InChI=1S/C19H20N2O5/c1-4-5-14-7-9-17(18(10-14)25-3)26-12-19(22)20-16-11-15(21(23)24)8-6-13(16)2/h4,6-11H,1,5,12H2,2-3H3,(H,20,22). The molecule has 7 nitrogen and oxygen atoms in total. The molecule has 2 aromatic carbocycles. The van der Waals surface area contributed by atoms with Crippen LogP contribution in [0.3, 0.4) is 0 Å². The van der Waals surface area contributed by atoms with Crippen LogP contribution in [0, 0.1) is 17.0 Å². The molecule has 26 heavy (non-hydrogen) atoms. The SMILES string of the molecule is C=CCc1ccc(OCC(=O)Nc2cc([N+](=O)[O-])ccc2C)c(OC)c1. The average molecular weight is 356 g/mol. The lowest BCUT2D eigenvalue weighted by atomic mass is 10.1. The number of methoxy groups -OCH3 is 1. The number of non-ortho nitro benzene ring substituents is 1. The van der Waals surface area contributed by atoms with Gasteiger partial charge < -0.3 is 14.8 Å². The van der Waals surface area contributed by atoms with E-state index in [1.54, 1.807) is 25.1 Å². The molecule has 2 aromatic rings. The van der Waals surface area contributed by atoms with E-state index in [-0.39, 0.29) is 12.3 Å². The van der Waals surface area contributed by atoms with E-state index in [4.69, 9.17) is 9.47 Å². The number of anilines is 1. The van der Waals surface area contributed by atoms with Crippen molar-refractivity contribution in [1.82, 2.24) is 0 Å². The first-order valence-electron chi connectivity index (χ1n) is 7.90. The van der Waals surface area contributed by atoms with E-state index in [1.807, 2.05) is 12.1 Å². The normalized spacial score (nSPS) is 10.1. The van der Waals surface area contributed by atoms with Crippen LogP contribution in [0.1, 0.15) is 11.1 Å². The molecule has 0 atom stereocenters. The van der Waals surface area contributed by atoms with Crippen LogP contribution >= 0.6 is 0 Å². The number of nitro groups is 1. The number of benzene rings is 2. The molecule has 0 fully saturated rings. The van der Waals surface area contributed by atoms with Gasteiger partial charge in [-0.1, -0.05) is 18.2 Å². The topological polar surface area (TPSA) is 90.7 Å². The maximum Gasteiger partial charge on any atom is 0.271 e. The number of nitrogens with one attached hydrogen (secondary N) is 1. The number of hydrogen-bond donors (Lipinski definition) is 1. The Labute approximate surface area is 151 Å². The average Bonchev–Trinajstić information content (AvgIpc) is 2.62. The van der Waals surface area contributed by atoms with Gasteiger partial charge in [-0.2, -0.15) is 0 Å². The zero-order valence-corrected chi connectivity index (χ0v) is 14.7. The monoisotopic (exact) mass is 356 g/mol. The van der Waals surface area contributed by atoms with Crippen LogP contribution in [0.2, 0.25) is 0 Å². The summed E-state index contributed by atoms with van der Waals surface area (Å²) < 4.78 is 10.8. The molecular formula is C19H20N2O5. The molecule has 0 radical (unpaired) electrons. The number of hydrogen-bond acceptors (Lipinski definition) is 5. The van der Waals surface area contributed by atoms with Gasteiger partial charge in [0.05, 0.1) is 17.7 Å². The second kappa shape index (κ2) is 8.66. The van der Waals surface area contributed by atoms with Gasteiger partial charge in [0.2, 0.25) is 0 Å². The number of nitrogens with zero attached hydrogens (tertiary/aromatic N) is 1. The Kier molecular flexibility index (Phi) is 6.32. The molecule has 1 amide bonds. The van der Waals surface area contributed by atoms with Crippen molar-refractivity contribution in [3.05, 3.63) is 70.3 Å². The van der Waals surface area contributed by atoms with E-state index < -0.39 is 10.8 Å². The van der Waals surface area contributed by atoms with Gasteiger partial charge >= 0.3 is 0 Å². The number of allylic oxidation sites excluding steroid dienone is 1. The van der Waals surface area contributed by atoms with Crippen LogP contribution < -0.4 is 14.8 Å². The molecule has 0 unspecified atom stereocenters. The van der Waals surface area contributed by atoms with Gasteiger partial charge in [0, 0.05) is 12.1 Å². The summed E-state index contributed by atoms with van der Waals surface area (Å²) in [6, 6.07) is 9.69. The highest BCUT2D eigenvalue weighted by atomic mass is 16.6. The number of rotatable bonds is 8. The van der Waals surface area contributed by atoms with Crippen molar-refractivity contribution in [2.75, 3.05) is 19.0 Å². The van der Waals surface area contributed by atoms with Gasteiger partial charge in [-0.05, 0) is 36.6 Å². The Morgan fingerprint density at radius 3 is 2.69 bits per heavy atom. The predicted octanol–water partition coefficient (Wildman–Crippen LogP) is 3.66. The summed E-state index contributed by atoms with van der Waals surface area (Å²) in [4.78, 5) is 22.5. The van der Waals surface area contributed by atoms with E-state index in [0.717, 1.165) is 11.1 Å². The lowest BCUT2D eigenvalue weighted by Crippen LogP contribution is -2.21. The molecule has 0 aliphatic heterocycles. The zero-order chi connectivity index (χ0) is 19.1. The summed E-state index contributed by atoms with van der Waals surface area (Å²) in [5.41, 5.74) is 2.02. The molecule has 0 aromatic heterocycles. The predicted molar refractivity (Wildman–Crippen MR) is 98.9 cm³/mol. The van der Waals surface area contributed by atoms with Crippen molar-refractivity contribution in [1.29, 1.82) is 0 Å². The van der Waals surface area contributed by atoms with Crippen molar-refractivity contribution in [3.63, 3.8) is 0 Å². The van der Waals surface area contributed by atoms with Gasteiger partial charge in [-0.25, -0.2) is 0 Å². The van der Waals surface area contributed by atoms with Gasteiger partial charge in [0.25, 0.3) is 11.6 Å². The second-order valence-electron chi connectivity index (χ2n) is 5.57. The zero-order valence-electron chi connectivity index (χ0n) is 14.7. The lowest BCUT2D eigenvalue weighted by molar-refractivity contribution is -0.384. The fourth-order valence-electron chi connectivity index (χ4n) is 2.31. The Morgan fingerprint density at radius 2 is 2.04 bits per heavy atom. The third-order valence-electron chi connectivity index (χ3n) is 3.67. The number of nitro benzene ring substituents is 1. The number of carbonyl (C=O) groups is 1. The third kappa shape index (κ3) is 4.83. The Bertz CT molecular complexity index is 833. The van der Waals surface area contributed by atoms with Crippen molar-refractivity contribution in [3.8, 4) is 11.5 Å². The smallest absolute Gasteiger partial charge is 0.271 e. The molecule has 0 saturated carbocycles. The maximum absolute atomic E-state index is 12.1. The summed E-state index contributed by atoms with van der Waals surface area (Å²) in [6.45, 7) is 5.19. The van der Waals surface area contributed by atoms with Crippen LogP contribution in [0.4, 0.5) is 11.4 Å². The van der Waals surface area contributed by atoms with E-state index in [1.165, 1.54) is 19.2 Å². The fraction of sp³-hybridized carbons (Fsp3) is 0.211. The highest BCUT2D eigenvalue weighted by molar-refractivity contribution is 5.93.